The predicted octanol–water partition coefficient (Wildman–Crippen LogP) is 12.1. The molecule has 0 amide bonds. The Kier molecular flexibility index (Phi) is 7.09. The zero-order valence-corrected chi connectivity index (χ0v) is 30.6. The van der Waals surface area contributed by atoms with E-state index in [1.165, 1.54) is 65.5 Å². The van der Waals surface area contributed by atoms with Gasteiger partial charge in [-0.2, -0.15) is 0 Å². The fraction of sp³-hybridized carbons (Fsp3) is 0.0833. The summed E-state index contributed by atoms with van der Waals surface area (Å²) in [5.41, 5.74) is 12.9. The maximum absolute atomic E-state index is 2.54. The van der Waals surface area contributed by atoms with Gasteiger partial charge in [-0.05, 0) is 96.5 Å². The SMILES string of the molecule is C[Si]1(C)c2cc(N(c3ccc(-c4cccc5ccccc45)cc3)c3cccc(-c4ccccc4)c3)ccc2-c2c1ccc1c2SC2C=CC=CC12. The number of rotatable bonds is 5. The summed E-state index contributed by atoms with van der Waals surface area (Å²) in [4.78, 5) is 3.96. The molecule has 0 fully saturated rings. The third kappa shape index (κ3) is 4.91. The summed E-state index contributed by atoms with van der Waals surface area (Å²) in [6, 6.07) is 56.4. The summed E-state index contributed by atoms with van der Waals surface area (Å²) < 4.78 is 0. The molecule has 1 aliphatic carbocycles. The number of allylic oxidation sites excluding steroid dienone is 3. The van der Waals surface area contributed by atoms with Gasteiger partial charge in [0.15, 0.2) is 0 Å². The van der Waals surface area contributed by atoms with Gasteiger partial charge in [0.1, 0.15) is 8.07 Å². The summed E-state index contributed by atoms with van der Waals surface area (Å²) in [5.74, 6) is 0.470. The lowest BCUT2D eigenvalue weighted by atomic mass is 9.90. The minimum atomic E-state index is -1.97. The van der Waals surface area contributed by atoms with Gasteiger partial charge in [0, 0.05) is 33.1 Å². The molecule has 7 aromatic rings. The highest BCUT2D eigenvalue weighted by molar-refractivity contribution is 8.00. The van der Waals surface area contributed by atoms with Gasteiger partial charge in [0.2, 0.25) is 0 Å². The first kappa shape index (κ1) is 30.5. The van der Waals surface area contributed by atoms with Crippen LogP contribution in [0.5, 0.6) is 0 Å². The predicted molar refractivity (Wildman–Crippen MR) is 222 cm³/mol. The second-order valence-corrected chi connectivity index (χ2v) is 20.0. The van der Waals surface area contributed by atoms with Crippen molar-refractivity contribution in [3.8, 4) is 33.4 Å². The summed E-state index contributed by atoms with van der Waals surface area (Å²) >= 11 is 2.07. The van der Waals surface area contributed by atoms with Crippen LogP contribution in [0, 0.1) is 0 Å². The number of nitrogens with zero attached hydrogens (tertiary/aromatic N) is 1. The van der Waals surface area contributed by atoms with Gasteiger partial charge in [-0.15, -0.1) is 11.8 Å². The Morgan fingerprint density at radius 2 is 1.25 bits per heavy atom. The first-order valence-electron chi connectivity index (χ1n) is 17.9. The van der Waals surface area contributed by atoms with Gasteiger partial charge in [-0.25, -0.2) is 0 Å². The summed E-state index contributed by atoms with van der Waals surface area (Å²) in [6.45, 7) is 5.08. The van der Waals surface area contributed by atoms with Crippen LogP contribution in [-0.4, -0.2) is 13.3 Å². The van der Waals surface area contributed by atoms with E-state index in [1.807, 2.05) is 0 Å². The Hall–Kier alpha value is -5.35. The van der Waals surface area contributed by atoms with E-state index in [4.69, 9.17) is 0 Å². The highest BCUT2D eigenvalue weighted by Crippen LogP contribution is 2.53. The minimum Gasteiger partial charge on any atom is -0.310 e. The zero-order valence-electron chi connectivity index (χ0n) is 28.8. The highest BCUT2D eigenvalue weighted by Gasteiger charge is 2.43. The molecule has 0 radical (unpaired) electrons. The Morgan fingerprint density at radius 1 is 0.529 bits per heavy atom. The highest BCUT2D eigenvalue weighted by atomic mass is 32.2. The van der Waals surface area contributed by atoms with Crippen molar-refractivity contribution in [1.29, 1.82) is 0 Å². The third-order valence-electron chi connectivity index (χ3n) is 11.2. The molecule has 7 aromatic carbocycles. The van der Waals surface area contributed by atoms with E-state index in [-0.39, 0.29) is 0 Å². The number of thioether (sulfide) groups is 1. The lowest BCUT2D eigenvalue weighted by Gasteiger charge is -2.28. The molecular weight excluding hydrogens is 651 g/mol. The molecule has 0 spiro atoms. The molecule has 2 aliphatic heterocycles. The van der Waals surface area contributed by atoms with Crippen LogP contribution < -0.4 is 15.3 Å². The average molecular weight is 688 g/mol. The van der Waals surface area contributed by atoms with Crippen molar-refractivity contribution in [2.24, 2.45) is 0 Å². The Morgan fingerprint density at radius 3 is 2.14 bits per heavy atom. The Balaban J connectivity index is 1.11. The van der Waals surface area contributed by atoms with Crippen molar-refractivity contribution in [1.82, 2.24) is 0 Å². The summed E-state index contributed by atoms with van der Waals surface area (Å²) in [6.07, 6.45) is 9.22. The van der Waals surface area contributed by atoms with Gasteiger partial charge in [0.05, 0.1) is 0 Å². The van der Waals surface area contributed by atoms with E-state index < -0.39 is 8.07 Å². The molecule has 3 aliphatic rings. The molecule has 0 bridgehead atoms. The monoisotopic (exact) mass is 687 g/mol. The standard InChI is InChI=1S/C48H37NSSi/c1-51(2)45-29-28-42-41-19-8-9-21-44(41)50-48(42)47(45)43-27-26-38(31-46(43)51)49(37-17-10-16-35(30-37)32-12-4-3-5-13-32)36-24-22-34(23-25-36)40-20-11-15-33-14-6-7-18-39(33)40/h3-31,41,44H,1-2H3. The molecule has 51 heavy (non-hydrogen) atoms. The fourth-order valence-corrected chi connectivity index (χ4v) is 13.3. The fourth-order valence-electron chi connectivity index (χ4n) is 8.61. The van der Waals surface area contributed by atoms with Crippen molar-refractivity contribution in [2.75, 3.05) is 4.90 Å². The second-order valence-electron chi connectivity index (χ2n) is 14.5. The molecule has 0 saturated heterocycles. The van der Waals surface area contributed by atoms with Gasteiger partial charge < -0.3 is 4.90 Å². The van der Waals surface area contributed by atoms with Gasteiger partial charge in [0.25, 0.3) is 0 Å². The lowest BCUT2D eigenvalue weighted by Crippen LogP contribution is -2.49. The summed E-state index contributed by atoms with van der Waals surface area (Å²) in [5, 5.41) is 6.14. The molecule has 2 heterocycles. The van der Waals surface area contributed by atoms with E-state index in [9.17, 15) is 0 Å². The van der Waals surface area contributed by atoms with E-state index in [0.29, 0.717) is 11.2 Å². The minimum absolute atomic E-state index is 0.470. The molecule has 0 aromatic heterocycles. The average Bonchev–Trinajstić information content (AvgIpc) is 3.67. The Labute approximate surface area is 305 Å². The van der Waals surface area contributed by atoms with Gasteiger partial charge in [-0.1, -0.05) is 153 Å². The van der Waals surface area contributed by atoms with E-state index in [0.717, 1.165) is 11.4 Å². The van der Waals surface area contributed by atoms with Crippen LogP contribution in [0.3, 0.4) is 0 Å². The number of hydrogen-bond donors (Lipinski definition) is 0. The van der Waals surface area contributed by atoms with Crippen molar-refractivity contribution in [2.45, 2.75) is 29.2 Å². The molecule has 244 valence electrons. The second kappa shape index (κ2) is 11.9. The van der Waals surface area contributed by atoms with Crippen molar-refractivity contribution in [3.63, 3.8) is 0 Å². The molecular formula is C48H37NSSi. The molecule has 2 atom stereocenters. The molecule has 0 saturated carbocycles. The largest absolute Gasteiger partial charge is 0.310 e. The van der Waals surface area contributed by atoms with E-state index in [1.54, 1.807) is 5.19 Å². The third-order valence-corrected chi connectivity index (χ3v) is 16.1. The number of hydrogen-bond acceptors (Lipinski definition) is 2. The first-order chi connectivity index (χ1) is 25.0. The van der Waals surface area contributed by atoms with Crippen LogP contribution in [0.25, 0.3) is 44.2 Å². The van der Waals surface area contributed by atoms with Crippen LogP contribution >= 0.6 is 11.8 Å². The topological polar surface area (TPSA) is 3.24 Å². The first-order valence-corrected chi connectivity index (χ1v) is 21.8. The van der Waals surface area contributed by atoms with Crippen LogP contribution in [0.1, 0.15) is 11.5 Å². The van der Waals surface area contributed by atoms with Crippen molar-refractivity contribution < 1.29 is 0 Å². The van der Waals surface area contributed by atoms with Crippen molar-refractivity contribution in [3.05, 3.63) is 182 Å². The van der Waals surface area contributed by atoms with Crippen LogP contribution in [0.2, 0.25) is 13.1 Å². The quantitative estimate of drug-likeness (QED) is 0.166. The maximum Gasteiger partial charge on any atom is 0.113 e. The molecule has 3 heteroatoms. The smallest absolute Gasteiger partial charge is 0.113 e. The number of fused-ring (bicyclic) bond motifs is 8. The van der Waals surface area contributed by atoms with E-state index >= 15 is 0 Å². The van der Waals surface area contributed by atoms with Gasteiger partial charge in [-0.3, -0.25) is 0 Å². The van der Waals surface area contributed by atoms with Crippen LogP contribution in [-0.2, 0) is 0 Å². The number of benzene rings is 7. The molecule has 1 nitrogen and oxygen atoms in total. The normalized spacial score (nSPS) is 17.5. The van der Waals surface area contributed by atoms with Crippen molar-refractivity contribution >= 4 is 58.0 Å². The number of anilines is 3. The zero-order chi connectivity index (χ0) is 34.1. The van der Waals surface area contributed by atoms with E-state index in [2.05, 4.69) is 206 Å². The van der Waals surface area contributed by atoms with Crippen LogP contribution in [0.4, 0.5) is 17.1 Å². The van der Waals surface area contributed by atoms with Gasteiger partial charge >= 0.3 is 0 Å². The molecule has 0 N–H and O–H groups in total. The summed E-state index contributed by atoms with van der Waals surface area (Å²) in [7, 11) is -1.97. The van der Waals surface area contributed by atoms with Crippen LogP contribution in [0.15, 0.2) is 181 Å². The lowest BCUT2D eigenvalue weighted by molar-refractivity contribution is 0.882. The molecule has 2 unspecified atom stereocenters. The molecule has 10 rings (SSSR count). The Bertz CT molecular complexity index is 2540. The maximum atomic E-state index is 2.54.